The molecule has 0 spiro atoms. The van der Waals surface area contributed by atoms with Gasteiger partial charge < -0.3 is 14.0 Å². The van der Waals surface area contributed by atoms with E-state index in [-0.39, 0.29) is 6.09 Å². The predicted molar refractivity (Wildman–Crippen MR) is 133 cm³/mol. The lowest BCUT2D eigenvalue weighted by Gasteiger charge is -2.33. The number of nitrogens with zero attached hydrogens (tertiary/aromatic N) is 5. The Labute approximate surface area is 199 Å². The number of carbonyl (C=O) groups excluding carboxylic acids is 1. The second-order valence-corrected chi connectivity index (χ2v) is 10.2. The number of carbonyl (C=O) groups is 1. The monoisotopic (exact) mass is 457 g/mol. The lowest BCUT2D eigenvalue weighted by molar-refractivity contribution is 0.0204. The van der Waals surface area contributed by atoms with Gasteiger partial charge in [0.2, 0.25) is 0 Å². The number of hydrogen-bond acceptors (Lipinski definition) is 5. The molecule has 0 aliphatic carbocycles. The van der Waals surface area contributed by atoms with Crippen LogP contribution in [0.15, 0.2) is 42.7 Å². The maximum Gasteiger partial charge on any atom is 0.410 e. The van der Waals surface area contributed by atoms with Crippen LogP contribution in [-0.2, 0) is 4.74 Å². The van der Waals surface area contributed by atoms with E-state index in [9.17, 15) is 4.79 Å². The molecule has 0 N–H and O–H groups in total. The van der Waals surface area contributed by atoms with Crippen LogP contribution >= 0.6 is 0 Å². The third kappa shape index (κ3) is 4.47. The summed E-state index contributed by atoms with van der Waals surface area (Å²) < 4.78 is 7.56. The minimum absolute atomic E-state index is 0.224. The molecule has 1 amide bonds. The Morgan fingerprint density at radius 3 is 2.50 bits per heavy atom. The predicted octanol–water partition coefficient (Wildman–Crippen LogP) is 5.68. The summed E-state index contributed by atoms with van der Waals surface area (Å²) in [7, 11) is 0. The van der Waals surface area contributed by atoms with Crippen LogP contribution in [0.5, 0.6) is 0 Å². The number of hydrogen-bond donors (Lipinski definition) is 0. The molecule has 5 rings (SSSR count). The molecule has 7 nitrogen and oxygen atoms in total. The van der Waals surface area contributed by atoms with Gasteiger partial charge in [0.1, 0.15) is 5.60 Å². The quantitative estimate of drug-likeness (QED) is 0.387. The molecular weight excluding hydrogens is 426 g/mol. The van der Waals surface area contributed by atoms with E-state index in [1.807, 2.05) is 56.3 Å². The Kier molecular flexibility index (Phi) is 5.50. The molecule has 0 saturated carbocycles. The molecule has 1 saturated heterocycles. The van der Waals surface area contributed by atoms with Gasteiger partial charge in [0, 0.05) is 48.0 Å². The Balaban J connectivity index is 1.34. The molecule has 0 bridgehead atoms. The summed E-state index contributed by atoms with van der Waals surface area (Å²) in [6, 6.07) is 10.6. The van der Waals surface area contributed by atoms with Gasteiger partial charge in [-0.15, -0.1) is 0 Å². The molecule has 0 atom stereocenters. The van der Waals surface area contributed by atoms with E-state index < -0.39 is 5.60 Å². The van der Waals surface area contributed by atoms with Gasteiger partial charge in [0.05, 0.1) is 22.6 Å². The largest absolute Gasteiger partial charge is 0.444 e. The van der Waals surface area contributed by atoms with E-state index in [1.54, 1.807) is 0 Å². The van der Waals surface area contributed by atoms with E-state index in [4.69, 9.17) is 14.7 Å². The highest BCUT2D eigenvalue weighted by Crippen LogP contribution is 2.30. The van der Waals surface area contributed by atoms with Gasteiger partial charge in [-0.2, -0.15) is 0 Å². The number of likely N-dealkylation sites (tertiary alicyclic amines) is 1. The summed E-state index contributed by atoms with van der Waals surface area (Å²) in [5, 5.41) is 1.09. The van der Waals surface area contributed by atoms with Gasteiger partial charge in [-0.1, -0.05) is 12.1 Å². The zero-order chi connectivity index (χ0) is 24.0. The number of piperidine rings is 1. The van der Waals surface area contributed by atoms with Crippen molar-refractivity contribution in [1.29, 1.82) is 0 Å². The lowest BCUT2D eigenvalue weighted by atomic mass is 9.92. The van der Waals surface area contributed by atoms with Crippen LogP contribution in [0.1, 0.15) is 56.6 Å². The SMILES string of the molecule is Cc1cn2cc(-c3ccc4nc(C5CCN(C(=O)OC(C)(C)C)CC5)ccc4c3)nc(C)c2n1. The molecule has 1 fully saturated rings. The third-order valence-electron chi connectivity index (χ3n) is 6.30. The Hall–Kier alpha value is -3.48. The van der Waals surface area contributed by atoms with Crippen molar-refractivity contribution in [3.8, 4) is 11.3 Å². The van der Waals surface area contributed by atoms with Gasteiger partial charge in [0.15, 0.2) is 5.65 Å². The highest BCUT2D eigenvalue weighted by atomic mass is 16.6. The van der Waals surface area contributed by atoms with Crippen molar-refractivity contribution in [2.75, 3.05) is 13.1 Å². The topological polar surface area (TPSA) is 72.6 Å². The standard InChI is InChI=1S/C27H31N5O2/c1-17-15-32-16-24(29-18(2)25(32)28-17)21-7-9-23-20(14-21)6-8-22(30-23)19-10-12-31(13-11-19)26(33)34-27(3,4)5/h6-9,14-16,19H,10-13H2,1-5H3. The molecule has 34 heavy (non-hydrogen) atoms. The smallest absolute Gasteiger partial charge is 0.410 e. The van der Waals surface area contributed by atoms with Crippen molar-refractivity contribution in [2.24, 2.45) is 0 Å². The molecule has 0 unspecified atom stereocenters. The lowest BCUT2D eigenvalue weighted by Crippen LogP contribution is -2.41. The molecule has 176 valence electrons. The number of pyridine rings is 1. The summed E-state index contributed by atoms with van der Waals surface area (Å²) in [6.45, 7) is 11.1. The molecule has 4 heterocycles. The summed E-state index contributed by atoms with van der Waals surface area (Å²) in [5.74, 6) is 0.346. The number of ether oxygens (including phenoxy) is 1. The summed E-state index contributed by atoms with van der Waals surface area (Å²) in [4.78, 5) is 28.4. The van der Waals surface area contributed by atoms with E-state index >= 15 is 0 Å². The molecule has 0 radical (unpaired) electrons. The van der Waals surface area contributed by atoms with Crippen molar-refractivity contribution < 1.29 is 9.53 Å². The molecule has 7 heteroatoms. The van der Waals surface area contributed by atoms with Crippen molar-refractivity contribution in [3.63, 3.8) is 0 Å². The number of benzene rings is 1. The minimum Gasteiger partial charge on any atom is -0.444 e. The molecule has 1 aliphatic rings. The number of amides is 1. The van der Waals surface area contributed by atoms with Crippen LogP contribution in [0.2, 0.25) is 0 Å². The second kappa shape index (κ2) is 8.38. The van der Waals surface area contributed by atoms with Crippen LogP contribution in [0.25, 0.3) is 27.8 Å². The normalized spacial score (nSPS) is 15.3. The average Bonchev–Trinajstić information content (AvgIpc) is 3.18. The first-order valence-electron chi connectivity index (χ1n) is 11.9. The first-order chi connectivity index (χ1) is 16.2. The zero-order valence-corrected chi connectivity index (χ0v) is 20.5. The second-order valence-electron chi connectivity index (χ2n) is 10.2. The number of aryl methyl sites for hydroxylation is 2. The van der Waals surface area contributed by atoms with Gasteiger partial charge in [-0.3, -0.25) is 4.98 Å². The zero-order valence-electron chi connectivity index (χ0n) is 20.5. The first-order valence-corrected chi connectivity index (χ1v) is 11.9. The number of fused-ring (bicyclic) bond motifs is 2. The van der Waals surface area contributed by atoms with Crippen LogP contribution in [0.3, 0.4) is 0 Å². The summed E-state index contributed by atoms with van der Waals surface area (Å²) >= 11 is 0. The minimum atomic E-state index is -0.468. The van der Waals surface area contributed by atoms with Gasteiger partial charge >= 0.3 is 6.09 Å². The number of aromatic nitrogens is 4. The van der Waals surface area contributed by atoms with Crippen LogP contribution in [-0.4, -0.2) is 49.0 Å². The Bertz CT molecular complexity index is 1380. The molecular formula is C27H31N5O2. The number of rotatable bonds is 2. The highest BCUT2D eigenvalue weighted by Gasteiger charge is 2.28. The van der Waals surface area contributed by atoms with Crippen LogP contribution in [0, 0.1) is 13.8 Å². The average molecular weight is 458 g/mol. The number of imidazole rings is 1. The van der Waals surface area contributed by atoms with Crippen LogP contribution < -0.4 is 0 Å². The highest BCUT2D eigenvalue weighted by molar-refractivity contribution is 5.84. The fourth-order valence-electron chi connectivity index (χ4n) is 4.62. The Morgan fingerprint density at radius 1 is 1.00 bits per heavy atom. The molecule has 1 aliphatic heterocycles. The molecule has 4 aromatic rings. The fourth-order valence-corrected chi connectivity index (χ4v) is 4.62. The first kappa shape index (κ1) is 22.3. The van der Waals surface area contributed by atoms with Gasteiger partial charge in [-0.25, -0.2) is 14.8 Å². The van der Waals surface area contributed by atoms with Crippen molar-refractivity contribution in [3.05, 3.63) is 59.8 Å². The van der Waals surface area contributed by atoms with Crippen molar-refractivity contribution in [1.82, 2.24) is 24.3 Å². The molecule has 1 aromatic carbocycles. The van der Waals surface area contributed by atoms with E-state index in [2.05, 4.69) is 35.3 Å². The maximum atomic E-state index is 12.4. The van der Waals surface area contributed by atoms with E-state index in [0.29, 0.717) is 19.0 Å². The van der Waals surface area contributed by atoms with Crippen LogP contribution in [0.4, 0.5) is 4.79 Å². The van der Waals surface area contributed by atoms with Gasteiger partial charge in [-0.05, 0) is 65.7 Å². The van der Waals surface area contributed by atoms with E-state index in [0.717, 1.165) is 57.7 Å². The fraction of sp³-hybridized carbons (Fsp3) is 0.407. The van der Waals surface area contributed by atoms with Gasteiger partial charge in [0.25, 0.3) is 0 Å². The third-order valence-corrected chi connectivity index (χ3v) is 6.30. The van der Waals surface area contributed by atoms with Crippen molar-refractivity contribution >= 4 is 22.6 Å². The Morgan fingerprint density at radius 2 is 1.76 bits per heavy atom. The maximum absolute atomic E-state index is 12.4. The van der Waals surface area contributed by atoms with E-state index in [1.165, 1.54) is 0 Å². The van der Waals surface area contributed by atoms with Crippen molar-refractivity contribution in [2.45, 2.75) is 59.0 Å². The summed E-state index contributed by atoms with van der Waals surface area (Å²) in [5.41, 5.74) is 6.37. The molecule has 3 aromatic heterocycles. The summed E-state index contributed by atoms with van der Waals surface area (Å²) in [6.07, 6.45) is 5.62.